The van der Waals surface area contributed by atoms with Gasteiger partial charge >= 0.3 is 0 Å². The Morgan fingerprint density at radius 2 is 1.46 bits per heavy atom. The summed E-state index contributed by atoms with van der Waals surface area (Å²) in [6, 6.07) is 6.90. The average Bonchev–Trinajstić information content (AvgIpc) is 3.34. The van der Waals surface area contributed by atoms with Crippen LogP contribution in [0.5, 0.6) is 0 Å². The summed E-state index contributed by atoms with van der Waals surface area (Å²) in [5, 5.41) is 0.243. The molecule has 1 aromatic carbocycles. The molecule has 0 heterocycles. The lowest BCUT2D eigenvalue weighted by Crippen LogP contribution is -2.49. The third kappa shape index (κ3) is 9.25. The number of aryl methyl sites for hydroxylation is 1. The zero-order valence-corrected chi connectivity index (χ0v) is 36.7. The van der Waals surface area contributed by atoms with Gasteiger partial charge in [0.15, 0.2) is 16.6 Å². The molecule has 0 N–H and O–H groups in total. The molecule has 3 fully saturated rings. The zero-order valence-electron chi connectivity index (χ0n) is 33.9. The molecule has 3 saturated carbocycles. The molecule has 0 amide bonds. The maximum atomic E-state index is 12.8. The molecule has 0 radical (unpaired) electrons. The fraction of sp³-hybridized carbons (Fsp3) is 0.714. The van der Waals surface area contributed by atoms with Gasteiger partial charge < -0.3 is 8.85 Å². The van der Waals surface area contributed by atoms with E-state index in [1.807, 2.05) is 19.1 Å². The third-order valence-electron chi connectivity index (χ3n) is 13.6. The monoisotopic (exact) mass is 742 g/mol. The minimum atomic E-state index is -3.74. The SMILES string of the molecule is C=C1[C@H](O[Si](C)(C)C(C)(C)C)CC(=C/C=C2\CCC[C@]3(C)[C@@H](C(C)CCOS(=O)(=O)c4ccc(C)cc4)CC[C@@H]23)C[C@H]1O[Si](C)(C)C(C)(C)C. The second-order valence-electron chi connectivity index (χ2n) is 19.2. The molecular weight excluding hydrogens is 673 g/mol. The highest BCUT2D eigenvalue weighted by molar-refractivity contribution is 7.86. The first-order chi connectivity index (χ1) is 22.9. The van der Waals surface area contributed by atoms with E-state index in [0.717, 1.165) is 36.8 Å². The van der Waals surface area contributed by atoms with Gasteiger partial charge in [-0.2, -0.15) is 8.42 Å². The Morgan fingerprint density at radius 1 is 0.920 bits per heavy atom. The van der Waals surface area contributed by atoms with Crippen LogP contribution < -0.4 is 0 Å². The number of rotatable bonds is 11. The van der Waals surface area contributed by atoms with Crippen molar-refractivity contribution in [3.63, 3.8) is 0 Å². The van der Waals surface area contributed by atoms with E-state index in [2.05, 4.69) is 100 Å². The van der Waals surface area contributed by atoms with Crippen molar-refractivity contribution in [2.24, 2.45) is 23.2 Å². The predicted molar refractivity (Wildman–Crippen MR) is 215 cm³/mol. The van der Waals surface area contributed by atoms with Crippen LogP contribution in [-0.2, 0) is 23.2 Å². The number of hydrogen-bond donors (Lipinski definition) is 0. The molecule has 1 unspecified atom stereocenters. The van der Waals surface area contributed by atoms with Crippen molar-refractivity contribution < 1.29 is 21.5 Å². The standard InChI is InChI=1S/C42H70O5SSi2/c1-30-17-21-35(22-18-30)48(43,44)45-27-25-31(2)36-23-24-37-34(16-15-26-42(36,37)10)20-19-33-28-38(46-49(11,12)40(4,5)6)32(3)39(29-33)47-50(13,14)41(7,8)9/h17-22,31,36-39H,3,15-16,23-29H2,1-2,4-14H3/b34-20+/t31?,36-,37+,38-,39-,42-/m1/s1. The van der Waals surface area contributed by atoms with Gasteiger partial charge in [-0.3, -0.25) is 4.18 Å². The van der Waals surface area contributed by atoms with Gasteiger partial charge in [-0.05, 0) is 135 Å². The summed E-state index contributed by atoms with van der Waals surface area (Å²) in [4.78, 5) is 0.234. The lowest BCUT2D eigenvalue weighted by molar-refractivity contribution is 0.0881. The summed E-state index contributed by atoms with van der Waals surface area (Å²) in [7, 11) is -7.78. The summed E-state index contributed by atoms with van der Waals surface area (Å²) in [5.41, 5.74) is 5.38. The molecule has 3 aliphatic carbocycles. The summed E-state index contributed by atoms with van der Waals surface area (Å²) in [6.07, 6.45) is 13.4. The summed E-state index contributed by atoms with van der Waals surface area (Å²) in [6.45, 7) is 34.9. The number of allylic oxidation sites excluding steroid dienone is 3. The highest BCUT2D eigenvalue weighted by Crippen LogP contribution is 2.60. The highest BCUT2D eigenvalue weighted by Gasteiger charge is 2.51. The zero-order chi connectivity index (χ0) is 37.5. The van der Waals surface area contributed by atoms with Gasteiger partial charge in [-0.25, -0.2) is 0 Å². The maximum Gasteiger partial charge on any atom is 0.296 e. The quantitative estimate of drug-likeness (QED) is 0.128. The molecule has 5 nitrogen and oxygen atoms in total. The van der Waals surface area contributed by atoms with Gasteiger partial charge in [-0.15, -0.1) is 0 Å². The molecule has 8 heteroatoms. The summed E-state index contributed by atoms with van der Waals surface area (Å²) >= 11 is 0. The van der Waals surface area contributed by atoms with Crippen LogP contribution in [0.25, 0.3) is 0 Å². The van der Waals surface area contributed by atoms with Crippen molar-refractivity contribution in [1.29, 1.82) is 0 Å². The minimum Gasteiger partial charge on any atom is -0.410 e. The van der Waals surface area contributed by atoms with Crippen LogP contribution in [-0.4, -0.2) is 43.9 Å². The highest BCUT2D eigenvalue weighted by atomic mass is 32.2. The Bertz CT molecular complexity index is 1480. The second kappa shape index (κ2) is 15.2. The van der Waals surface area contributed by atoms with Crippen molar-refractivity contribution in [3.05, 3.63) is 65.3 Å². The molecule has 3 aliphatic rings. The van der Waals surface area contributed by atoms with E-state index < -0.39 is 26.8 Å². The second-order valence-corrected chi connectivity index (χ2v) is 30.4. The van der Waals surface area contributed by atoms with Crippen LogP contribution in [0.4, 0.5) is 0 Å². The van der Waals surface area contributed by atoms with Crippen LogP contribution in [0.15, 0.2) is 64.6 Å². The maximum absolute atomic E-state index is 12.8. The smallest absolute Gasteiger partial charge is 0.296 e. The Balaban J connectivity index is 1.50. The van der Waals surface area contributed by atoms with E-state index in [1.54, 1.807) is 17.7 Å². The fourth-order valence-electron chi connectivity index (χ4n) is 8.22. The average molecular weight is 743 g/mol. The van der Waals surface area contributed by atoms with E-state index >= 15 is 0 Å². The van der Waals surface area contributed by atoms with E-state index in [0.29, 0.717) is 17.8 Å². The molecule has 50 heavy (non-hydrogen) atoms. The molecule has 0 bridgehead atoms. The minimum absolute atomic E-state index is 0.0190. The van der Waals surface area contributed by atoms with Crippen LogP contribution in [0.1, 0.15) is 112 Å². The first kappa shape index (κ1) is 41.5. The van der Waals surface area contributed by atoms with Crippen LogP contribution >= 0.6 is 0 Å². The van der Waals surface area contributed by atoms with Crippen molar-refractivity contribution in [3.8, 4) is 0 Å². The number of hydrogen-bond acceptors (Lipinski definition) is 5. The van der Waals surface area contributed by atoms with E-state index in [9.17, 15) is 8.42 Å². The molecule has 0 saturated heterocycles. The Morgan fingerprint density at radius 3 is 1.98 bits per heavy atom. The molecule has 4 rings (SSSR count). The molecule has 6 atom stereocenters. The predicted octanol–water partition coefficient (Wildman–Crippen LogP) is 11.9. The van der Waals surface area contributed by atoms with Crippen molar-refractivity contribution in [2.45, 2.75) is 167 Å². The molecule has 0 aromatic heterocycles. The molecular formula is C42H70O5SSi2. The van der Waals surface area contributed by atoms with E-state index in [-0.39, 0.29) is 39.2 Å². The lowest BCUT2D eigenvalue weighted by Gasteiger charge is -2.46. The largest absolute Gasteiger partial charge is 0.410 e. The topological polar surface area (TPSA) is 61.8 Å². The summed E-state index contributed by atoms with van der Waals surface area (Å²) < 4.78 is 45.3. The van der Waals surface area contributed by atoms with Crippen molar-refractivity contribution in [1.82, 2.24) is 0 Å². The van der Waals surface area contributed by atoms with Gasteiger partial charge in [0.05, 0.1) is 23.7 Å². The van der Waals surface area contributed by atoms with Crippen molar-refractivity contribution in [2.75, 3.05) is 6.61 Å². The Labute approximate surface area is 309 Å². The molecule has 0 aliphatic heterocycles. The van der Waals surface area contributed by atoms with Gasteiger partial charge in [0.1, 0.15) is 0 Å². The van der Waals surface area contributed by atoms with Gasteiger partial charge in [-0.1, -0.05) is 103 Å². The Hall–Kier alpha value is -1.30. The number of fused-ring (bicyclic) bond motifs is 1. The van der Waals surface area contributed by atoms with Crippen LogP contribution in [0.2, 0.25) is 36.3 Å². The van der Waals surface area contributed by atoms with Gasteiger partial charge in [0.2, 0.25) is 0 Å². The van der Waals surface area contributed by atoms with Gasteiger partial charge in [0.25, 0.3) is 10.1 Å². The molecule has 0 spiro atoms. The molecule has 282 valence electrons. The van der Waals surface area contributed by atoms with Crippen LogP contribution in [0, 0.1) is 30.1 Å². The first-order valence-corrected chi connectivity index (χ1v) is 26.5. The Kier molecular flexibility index (Phi) is 12.6. The number of benzene rings is 1. The van der Waals surface area contributed by atoms with Gasteiger partial charge in [0, 0.05) is 0 Å². The van der Waals surface area contributed by atoms with E-state index in [4.69, 9.17) is 13.0 Å². The van der Waals surface area contributed by atoms with Crippen LogP contribution in [0.3, 0.4) is 0 Å². The fourth-order valence-corrected chi connectivity index (χ4v) is 11.7. The van der Waals surface area contributed by atoms with Crippen molar-refractivity contribution >= 4 is 26.8 Å². The van der Waals surface area contributed by atoms with E-state index in [1.165, 1.54) is 31.3 Å². The lowest BCUT2D eigenvalue weighted by atomic mass is 9.61. The normalized spacial score (nSPS) is 28.5. The summed E-state index contributed by atoms with van der Waals surface area (Å²) in [5.74, 6) is 1.51. The first-order valence-electron chi connectivity index (χ1n) is 19.3. The third-order valence-corrected chi connectivity index (χ3v) is 23.9. The molecule has 1 aromatic rings.